The third-order valence-electron chi connectivity index (χ3n) is 0. The van der Waals surface area contributed by atoms with Gasteiger partial charge in [-0.05, 0) is 0 Å². The zero-order valence-corrected chi connectivity index (χ0v) is 15.4. The molecule has 0 spiro atoms. The second kappa shape index (κ2) is 85.2. The van der Waals surface area contributed by atoms with Gasteiger partial charge in [0.15, 0.2) is 0 Å². The smallest absolute Gasteiger partial charge is 0.551 e. The molecule has 100 valence electrons. The second-order valence-electron chi connectivity index (χ2n) is 0.345. The Labute approximate surface area is 128 Å². The predicted molar refractivity (Wildman–Crippen MR) is 18.0 cm³/mol. The molecule has 0 atom stereocenters. The van der Waals surface area contributed by atoms with Gasteiger partial charge in [-0.25, -0.2) is 0 Å². The maximum atomic E-state index is 8.52. The summed E-state index contributed by atoms with van der Waals surface area (Å²) in [6.07, 6.45) is 0. The number of halogens is 5. The summed E-state index contributed by atoms with van der Waals surface area (Å²) >= 11 is -5.94. The predicted octanol–water partition coefficient (Wildman–Crippen LogP) is -7.87. The summed E-state index contributed by atoms with van der Waals surface area (Å²) in [7, 11) is 0. The SMILES string of the molecule is [O-][Br+]O.[O-][Br+]O.[O-][Br+]O.[O-][Br+]O.[O-][Br+]O.[P+5]. The molecule has 0 amide bonds. The van der Waals surface area contributed by atoms with Crippen molar-refractivity contribution in [2.24, 2.45) is 0 Å². The number of rotatable bonds is 0. The molecule has 0 radical (unpaired) electrons. The number of hydrogen-bond donors (Lipinski definition) is 5. The van der Waals surface area contributed by atoms with Crippen molar-refractivity contribution >= 4 is 9.90 Å². The van der Waals surface area contributed by atoms with Crippen LogP contribution in [0.3, 0.4) is 0 Å². The first-order valence-corrected chi connectivity index (χ1v) is 8.40. The molecule has 0 aliphatic carbocycles. The molecule has 0 aliphatic heterocycles. The van der Waals surface area contributed by atoms with Gasteiger partial charge in [0.05, 0.1) is 0 Å². The van der Waals surface area contributed by atoms with Gasteiger partial charge in [0.2, 0.25) is 0 Å². The Morgan fingerprint density at radius 3 is 0.438 bits per heavy atom. The molecule has 0 saturated carbocycles. The van der Waals surface area contributed by atoms with Crippen molar-refractivity contribution in [2.45, 2.75) is 0 Å². The molecule has 0 aromatic carbocycles. The molecule has 16 heteroatoms. The Morgan fingerprint density at radius 2 is 0.438 bits per heavy atom. The molecule has 0 saturated heterocycles. The first kappa shape index (κ1) is 36.2. The third kappa shape index (κ3) is 662. The van der Waals surface area contributed by atoms with Gasteiger partial charge in [-0.15, -0.1) is 0 Å². The fraction of sp³-hybridized carbons (Fsp3) is 0. The molecule has 0 fully saturated rings. The van der Waals surface area contributed by atoms with Crippen molar-refractivity contribution in [3.8, 4) is 0 Å². The fourth-order valence-electron chi connectivity index (χ4n) is 0. The van der Waals surface area contributed by atoms with Gasteiger partial charge in [-0.3, -0.25) is 0 Å². The largest absolute Gasteiger partial charge is 5.00 e. The topological polar surface area (TPSA) is 216 Å². The van der Waals surface area contributed by atoms with E-state index in [4.69, 9.17) is 42.0 Å². The maximum absolute atomic E-state index is 8.52. The van der Waals surface area contributed by atoms with Gasteiger partial charge in [-0.2, -0.15) is 21.0 Å². The first-order chi connectivity index (χ1) is 7.07. The van der Waals surface area contributed by atoms with Crippen molar-refractivity contribution < 1.29 is 120 Å². The van der Waals surface area contributed by atoms with Crippen molar-refractivity contribution in [1.29, 1.82) is 0 Å². The van der Waals surface area contributed by atoms with E-state index in [0.29, 0.717) is 0 Å². The Kier molecular flexibility index (Phi) is 193. The Balaban J connectivity index is -0.0000000192. The van der Waals surface area contributed by atoms with E-state index in [-0.39, 0.29) is 9.90 Å². The van der Waals surface area contributed by atoms with Crippen LogP contribution in [0.1, 0.15) is 0 Å². The van der Waals surface area contributed by atoms with E-state index in [1.165, 1.54) is 0 Å². The Morgan fingerprint density at radius 1 is 0.438 bits per heavy atom. The second-order valence-corrected chi connectivity index (χ2v) is 1.79. The van der Waals surface area contributed by atoms with E-state index in [9.17, 15) is 0 Å². The Hall–Kier alpha value is 2.43. The van der Waals surface area contributed by atoms with E-state index in [2.05, 4.69) is 0 Å². The molecule has 10 nitrogen and oxygen atoms in total. The Bertz CT molecular complexity index is 30.8. The minimum absolute atomic E-state index is 0. The number of hydrogen-bond acceptors (Lipinski definition) is 10. The van der Waals surface area contributed by atoms with E-state index >= 15 is 0 Å². The molecular weight excluding hydrogens is 590 g/mol. The van der Waals surface area contributed by atoms with Crippen LogP contribution in [0, 0.1) is 77.7 Å². The fourth-order valence-corrected chi connectivity index (χ4v) is 0. The van der Waals surface area contributed by atoms with Crippen LogP contribution in [-0.4, -0.2) is 21.0 Å². The zero-order valence-electron chi connectivity index (χ0n) is 6.61. The van der Waals surface area contributed by atoms with Gasteiger partial charge < -0.3 is 21.0 Å². The van der Waals surface area contributed by atoms with Crippen molar-refractivity contribution in [2.75, 3.05) is 0 Å². The van der Waals surface area contributed by atoms with Crippen LogP contribution in [0.4, 0.5) is 0 Å². The molecule has 0 bridgehead atoms. The minimum atomic E-state index is -1.19. The van der Waals surface area contributed by atoms with Crippen LogP contribution in [0.25, 0.3) is 0 Å². The van der Waals surface area contributed by atoms with Crippen LogP contribution in [-0.2, 0) is 0 Å². The summed E-state index contributed by atoms with van der Waals surface area (Å²) in [6, 6.07) is 0. The molecule has 0 rings (SSSR count). The van der Waals surface area contributed by atoms with Gasteiger partial charge in [0.1, 0.15) is 0 Å². The average Bonchev–Trinajstić information content (AvgIpc) is 2.09. The van der Waals surface area contributed by atoms with Crippen LogP contribution in [0.5, 0.6) is 0 Å². The van der Waals surface area contributed by atoms with Crippen LogP contribution in [0.2, 0.25) is 0 Å². The van der Waals surface area contributed by atoms with E-state index in [1.807, 2.05) is 0 Å². The first-order valence-electron chi connectivity index (χ1n) is 1.62. The molecule has 0 aromatic rings. The molecule has 0 heterocycles. The van der Waals surface area contributed by atoms with Crippen LogP contribution >= 0.6 is 9.90 Å². The molecular formula is H5Br5O10P+5. The van der Waals surface area contributed by atoms with Gasteiger partial charge >= 0.3 is 87.6 Å². The standard InChI is InChI=1S/5BrHO2.P/c5*2-1-3;/h5*2H;/q;;;;;+5. The van der Waals surface area contributed by atoms with Crippen molar-refractivity contribution in [3.63, 3.8) is 0 Å². The monoisotopic (exact) mass is 591 g/mol. The van der Waals surface area contributed by atoms with Crippen LogP contribution < -0.4 is 21.0 Å². The van der Waals surface area contributed by atoms with E-state index in [0.717, 1.165) is 0 Å². The summed E-state index contributed by atoms with van der Waals surface area (Å²) in [6.45, 7) is 0. The summed E-state index contributed by atoms with van der Waals surface area (Å²) in [4.78, 5) is 0. The van der Waals surface area contributed by atoms with Crippen molar-refractivity contribution in [3.05, 3.63) is 0 Å². The minimum Gasteiger partial charge on any atom is -0.551 e. The zero-order chi connectivity index (χ0) is 13.5. The summed E-state index contributed by atoms with van der Waals surface area (Å²) < 4.78 is 77.8. The van der Waals surface area contributed by atoms with E-state index < -0.39 is 77.7 Å². The summed E-state index contributed by atoms with van der Waals surface area (Å²) in [5.74, 6) is 0. The quantitative estimate of drug-likeness (QED) is 0.167. The summed E-state index contributed by atoms with van der Waals surface area (Å²) in [5, 5.41) is 0. The van der Waals surface area contributed by atoms with Gasteiger partial charge in [0.25, 0.3) is 0 Å². The summed E-state index contributed by atoms with van der Waals surface area (Å²) in [5.41, 5.74) is 0. The van der Waals surface area contributed by atoms with Gasteiger partial charge in [-0.1, -0.05) is 0 Å². The third-order valence-corrected chi connectivity index (χ3v) is 0. The molecule has 5 N–H and O–H groups in total. The van der Waals surface area contributed by atoms with Crippen molar-refractivity contribution in [1.82, 2.24) is 0 Å². The molecule has 0 aliphatic rings. The molecule has 0 aromatic heterocycles. The van der Waals surface area contributed by atoms with E-state index in [1.54, 1.807) is 0 Å². The molecule has 16 heavy (non-hydrogen) atoms. The maximum Gasteiger partial charge on any atom is 5.00 e. The van der Waals surface area contributed by atoms with Gasteiger partial charge in [0, 0.05) is 0 Å². The van der Waals surface area contributed by atoms with Crippen LogP contribution in [0.15, 0.2) is 0 Å². The molecule has 0 unspecified atom stereocenters. The average molecular weight is 596 g/mol. The normalized spacial score (nSPS) is 5.62.